The summed E-state index contributed by atoms with van der Waals surface area (Å²) in [6, 6.07) is 6.21. The zero-order chi connectivity index (χ0) is 20.8. The summed E-state index contributed by atoms with van der Waals surface area (Å²) in [5.74, 6) is -1.40. The molecule has 3 unspecified atom stereocenters. The number of phenols is 4. The first-order chi connectivity index (χ1) is 13.2. The van der Waals surface area contributed by atoms with Crippen LogP contribution in [0.2, 0.25) is 0 Å². The van der Waals surface area contributed by atoms with E-state index in [2.05, 4.69) is 5.32 Å². The summed E-state index contributed by atoms with van der Waals surface area (Å²) in [5, 5.41) is 40.7. The number of carbonyl (C=O) groups is 2. The normalized spacial score (nSPS) is 14.2. The smallest absolute Gasteiger partial charge is 0.166 e. The first kappa shape index (κ1) is 21.2. The number of carbonyl (C=O) groups excluding carboxylic acids is 2. The van der Waals surface area contributed by atoms with Crippen molar-refractivity contribution in [1.29, 1.82) is 0 Å². The first-order valence-electron chi connectivity index (χ1n) is 8.73. The number of aromatic hydroxyl groups is 4. The molecule has 0 fully saturated rings. The molecule has 2 aromatic rings. The van der Waals surface area contributed by atoms with E-state index in [9.17, 15) is 30.0 Å². The standard InChI is InChI=1S/C20H24N2O6/c1-11(20(28)15(21)7-13-3-5-17(25)19(27)9-13)22-14(10-23)6-12-2-4-16(24)18(26)8-12/h2-5,8-11,14-15,22,24-27H,6-7,21H2,1H3. The van der Waals surface area contributed by atoms with Crippen molar-refractivity contribution >= 4 is 12.1 Å². The predicted octanol–water partition coefficient (Wildman–Crippen LogP) is 0.736. The number of aldehydes is 1. The molecule has 0 aliphatic heterocycles. The van der Waals surface area contributed by atoms with Crippen LogP contribution in [-0.4, -0.2) is 50.6 Å². The van der Waals surface area contributed by atoms with E-state index in [4.69, 9.17) is 5.73 Å². The van der Waals surface area contributed by atoms with Crippen LogP contribution in [-0.2, 0) is 22.4 Å². The molecule has 0 bridgehead atoms. The van der Waals surface area contributed by atoms with E-state index < -0.39 is 18.1 Å². The Kier molecular flexibility index (Phi) is 6.97. The summed E-state index contributed by atoms with van der Waals surface area (Å²) in [4.78, 5) is 23.9. The van der Waals surface area contributed by atoms with Crippen LogP contribution in [0.4, 0.5) is 0 Å². The van der Waals surface area contributed by atoms with Crippen LogP contribution in [0.1, 0.15) is 18.1 Å². The van der Waals surface area contributed by atoms with Crippen LogP contribution in [0.5, 0.6) is 23.0 Å². The van der Waals surface area contributed by atoms with Crippen molar-refractivity contribution < 1.29 is 30.0 Å². The monoisotopic (exact) mass is 388 g/mol. The maximum Gasteiger partial charge on any atom is 0.166 e. The highest BCUT2D eigenvalue weighted by atomic mass is 16.3. The van der Waals surface area contributed by atoms with Crippen molar-refractivity contribution in [3.63, 3.8) is 0 Å². The van der Waals surface area contributed by atoms with Crippen molar-refractivity contribution in [3.8, 4) is 23.0 Å². The molecule has 0 radical (unpaired) electrons. The molecule has 0 aliphatic rings. The number of Topliss-reactive ketones (excluding diaryl/α,β-unsaturated/α-hetero) is 1. The van der Waals surface area contributed by atoms with Crippen molar-refractivity contribution in [2.45, 2.75) is 37.9 Å². The van der Waals surface area contributed by atoms with Crippen LogP contribution >= 0.6 is 0 Å². The maximum atomic E-state index is 12.5. The maximum absolute atomic E-state index is 12.5. The van der Waals surface area contributed by atoms with Gasteiger partial charge in [-0.2, -0.15) is 0 Å². The fraction of sp³-hybridized carbons (Fsp3) is 0.300. The second-order valence-electron chi connectivity index (χ2n) is 6.69. The molecule has 8 heteroatoms. The van der Waals surface area contributed by atoms with E-state index in [0.29, 0.717) is 17.4 Å². The van der Waals surface area contributed by atoms with E-state index in [1.165, 1.54) is 24.3 Å². The third kappa shape index (κ3) is 5.45. The summed E-state index contributed by atoms with van der Waals surface area (Å²) in [5.41, 5.74) is 7.17. The molecule has 0 amide bonds. The molecule has 0 saturated heterocycles. The number of benzene rings is 2. The fourth-order valence-corrected chi connectivity index (χ4v) is 2.87. The average Bonchev–Trinajstić information content (AvgIpc) is 2.66. The number of ketones is 1. The summed E-state index contributed by atoms with van der Waals surface area (Å²) in [7, 11) is 0. The van der Waals surface area contributed by atoms with Gasteiger partial charge in [-0.15, -0.1) is 0 Å². The third-order valence-electron chi connectivity index (χ3n) is 4.41. The SMILES string of the molecule is CC(NC(C=O)Cc1ccc(O)c(O)c1)C(=O)C(N)Cc1ccc(O)c(O)c1. The lowest BCUT2D eigenvalue weighted by Gasteiger charge is -2.21. The molecule has 0 heterocycles. The molecule has 3 atom stereocenters. The van der Waals surface area contributed by atoms with E-state index in [-0.39, 0.29) is 41.6 Å². The Labute approximate surface area is 162 Å². The van der Waals surface area contributed by atoms with Gasteiger partial charge in [0, 0.05) is 0 Å². The van der Waals surface area contributed by atoms with E-state index >= 15 is 0 Å². The van der Waals surface area contributed by atoms with Gasteiger partial charge in [0.2, 0.25) is 0 Å². The number of nitrogens with one attached hydrogen (secondary N) is 1. The number of hydrogen-bond donors (Lipinski definition) is 6. The van der Waals surface area contributed by atoms with Gasteiger partial charge >= 0.3 is 0 Å². The highest BCUT2D eigenvalue weighted by molar-refractivity contribution is 5.89. The van der Waals surface area contributed by atoms with Crippen LogP contribution in [0.15, 0.2) is 36.4 Å². The Hall–Kier alpha value is -3.10. The molecule has 28 heavy (non-hydrogen) atoms. The van der Waals surface area contributed by atoms with Crippen LogP contribution in [0.3, 0.4) is 0 Å². The Morgan fingerprint density at radius 2 is 1.46 bits per heavy atom. The highest BCUT2D eigenvalue weighted by Crippen LogP contribution is 2.26. The topological polar surface area (TPSA) is 153 Å². The van der Waals surface area contributed by atoms with Crippen LogP contribution in [0.25, 0.3) is 0 Å². The van der Waals surface area contributed by atoms with Gasteiger partial charge in [-0.1, -0.05) is 12.1 Å². The summed E-state index contributed by atoms with van der Waals surface area (Å²) in [6.45, 7) is 1.60. The molecule has 150 valence electrons. The molecular weight excluding hydrogens is 364 g/mol. The van der Waals surface area contributed by atoms with Gasteiger partial charge < -0.3 is 31.0 Å². The van der Waals surface area contributed by atoms with E-state index in [0.717, 1.165) is 0 Å². The molecule has 7 N–H and O–H groups in total. The predicted molar refractivity (Wildman–Crippen MR) is 102 cm³/mol. The number of hydrogen-bond acceptors (Lipinski definition) is 8. The van der Waals surface area contributed by atoms with Crippen molar-refractivity contribution in [1.82, 2.24) is 5.32 Å². The zero-order valence-electron chi connectivity index (χ0n) is 15.4. The summed E-state index contributed by atoms with van der Waals surface area (Å²) < 4.78 is 0. The molecule has 0 spiro atoms. The molecule has 8 nitrogen and oxygen atoms in total. The molecule has 2 rings (SSSR count). The minimum Gasteiger partial charge on any atom is -0.504 e. The Bertz CT molecular complexity index is 855. The lowest BCUT2D eigenvalue weighted by Crippen LogP contribution is -2.49. The van der Waals surface area contributed by atoms with Gasteiger partial charge in [-0.3, -0.25) is 10.1 Å². The van der Waals surface area contributed by atoms with Gasteiger partial charge in [0.15, 0.2) is 28.8 Å². The van der Waals surface area contributed by atoms with E-state index in [1.54, 1.807) is 19.1 Å². The van der Waals surface area contributed by atoms with Gasteiger partial charge in [-0.25, -0.2) is 0 Å². The average molecular weight is 388 g/mol. The van der Waals surface area contributed by atoms with Crippen molar-refractivity contribution in [2.24, 2.45) is 5.73 Å². The fourth-order valence-electron chi connectivity index (χ4n) is 2.87. The Morgan fingerprint density at radius 3 is 1.93 bits per heavy atom. The quantitative estimate of drug-likeness (QED) is 0.272. The molecule has 0 aromatic heterocycles. The molecular formula is C20H24N2O6. The van der Waals surface area contributed by atoms with Crippen molar-refractivity contribution in [3.05, 3.63) is 47.5 Å². The minimum absolute atomic E-state index is 0.163. The summed E-state index contributed by atoms with van der Waals surface area (Å²) >= 11 is 0. The second-order valence-corrected chi connectivity index (χ2v) is 6.69. The van der Waals surface area contributed by atoms with Gasteiger partial charge in [-0.05, 0) is 55.2 Å². The minimum atomic E-state index is -0.864. The Morgan fingerprint density at radius 1 is 0.964 bits per heavy atom. The molecule has 2 aromatic carbocycles. The van der Waals surface area contributed by atoms with Crippen LogP contribution in [0, 0.1) is 0 Å². The molecule has 0 saturated carbocycles. The number of rotatable bonds is 9. The summed E-state index contributed by atoms with van der Waals surface area (Å²) in [6.07, 6.45) is 1.05. The lowest BCUT2D eigenvalue weighted by atomic mass is 9.98. The van der Waals surface area contributed by atoms with Crippen LogP contribution < -0.4 is 11.1 Å². The largest absolute Gasteiger partial charge is 0.504 e. The first-order valence-corrected chi connectivity index (χ1v) is 8.73. The number of phenolic OH excluding ortho intramolecular Hbond substituents is 4. The van der Waals surface area contributed by atoms with Gasteiger partial charge in [0.1, 0.15) is 6.29 Å². The molecule has 0 aliphatic carbocycles. The van der Waals surface area contributed by atoms with Gasteiger partial charge in [0.25, 0.3) is 0 Å². The Balaban J connectivity index is 1.97. The van der Waals surface area contributed by atoms with Gasteiger partial charge in [0.05, 0.1) is 18.1 Å². The third-order valence-corrected chi connectivity index (χ3v) is 4.41. The lowest BCUT2D eigenvalue weighted by molar-refractivity contribution is -0.122. The highest BCUT2D eigenvalue weighted by Gasteiger charge is 2.23. The van der Waals surface area contributed by atoms with E-state index in [1.807, 2.05) is 0 Å². The van der Waals surface area contributed by atoms with Crippen molar-refractivity contribution in [2.75, 3.05) is 0 Å². The second kappa shape index (κ2) is 9.20. The number of nitrogens with two attached hydrogens (primary N) is 1. The zero-order valence-corrected chi connectivity index (χ0v) is 15.4.